The van der Waals surface area contributed by atoms with E-state index in [-0.39, 0.29) is 5.91 Å². The molecule has 2 rings (SSSR count). The molecule has 2 aromatic rings. The first-order valence-electron chi connectivity index (χ1n) is 5.06. The molecule has 0 fully saturated rings. The van der Waals surface area contributed by atoms with Gasteiger partial charge < -0.3 is 5.32 Å². The highest BCUT2D eigenvalue weighted by atomic mass is 35.5. The molecule has 0 radical (unpaired) electrons. The normalized spacial score (nSPS) is 9.94. The van der Waals surface area contributed by atoms with Gasteiger partial charge in [0.2, 0.25) is 0 Å². The smallest absolute Gasteiger partial charge is 0.272 e. The maximum absolute atomic E-state index is 11.6. The van der Waals surface area contributed by atoms with E-state index >= 15 is 0 Å². The minimum absolute atomic E-state index is 0.243. The summed E-state index contributed by atoms with van der Waals surface area (Å²) in [5.74, 6) is -0.243. The highest BCUT2D eigenvalue weighted by Gasteiger charge is 2.05. The minimum atomic E-state index is -0.243. The van der Waals surface area contributed by atoms with Gasteiger partial charge in [0.05, 0.1) is 0 Å². The van der Waals surface area contributed by atoms with Crippen molar-refractivity contribution in [3.63, 3.8) is 0 Å². The summed E-state index contributed by atoms with van der Waals surface area (Å²) in [6, 6.07) is 10.6. The van der Waals surface area contributed by atoms with Crippen LogP contribution in [-0.2, 0) is 6.54 Å². The average molecular weight is 248 g/mol. The second-order valence-corrected chi connectivity index (χ2v) is 3.85. The lowest BCUT2D eigenvalue weighted by Crippen LogP contribution is -2.23. The van der Waals surface area contributed by atoms with Crippen LogP contribution in [0, 0.1) is 0 Å². The van der Waals surface area contributed by atoms with Crippen LogP contribution in [0.1, 0.15) is 16.1 Å². The molecular formula is C12H10ClN3O. The van der Waals surface area contributed by atoms with Gasteiger partial charge >= 0.3 is 0 Å². The van der Waals surface area contributed by atoms with Crippen molar-refractivity contribution in [2.24, 2.45) is 0 Å². The molecule has 1 heterocycles. The summed E-state index contributed by atoms with van der Waals surface area (Å²) in [7, 11) is 0. The standard InChI is InChI=1S/C12H10ClN3O/c13-10-5-3-9(4-6-10)8-14-12(17)11-2-1-7-15-16-11/h1-7H,8H2,(H,14,17). The number of carbonyl (C=O) groups is 1. The molecule has 0 bridgehead atoms. The third-order valence-corrected chi connectivity index (χ3v) is 2.42. The molecule has 5 heteroatoms. The fraction of sp³-hybridized carbons (Fsp3) is 0.0833. The van der Waals surface area contributed by atoms with Crippen molar-refractivity contribution in [1.82, 2.24) is 15.5 Å². The van der Waals surface area contributed by atoms with Crippen LogP contribution in [0.2, 0.25) is 5.02 Å². The maximum Gasteiger partial charge on any atom is 0.272 e. The molecule has 0 aliphatic carbocycles. The van der Waals surface area contributed by atoms with Gasteiger partial charge in [-0.25, -0.2) is 0 Å². The van der Waals surface area contributed by atoms with E-state index < -0.39 is 0 Å². The minimum Gasteiger partial charge on any atom is -0.347 e. The topological polar surface area (TPSA) is 54.9 Å². The summed E-state index contributed by atoms with van der Waals surface area (Å²) in [5, 5.41) is 10.8. The quantitative estimate of drug-likeness (QED) is 0.903. The van der Waals surface area contributed by atoms with Gasteiger partial charge in [-0.05, 0) is 29.8 Å². The Labute approximate surface area is 104 Å². The molecule has 1 amide bonds. The van der Waals surface area contributed by atoms with Crippen LogP contribution < -0.4 is 5.32 Å². The molecule has 0 unspecified atom stereocenters. The van der Waals surface area contributed by atoms with Crippen LogP contribution in [0.4, 0.5) is 0 Å². The number of rotatable bonds is 3. The zero-order chi connectivity index (χ0) is 12.1. The number of halogens is 1. The monoisotopic (exact) mass is 247 g/mol. The van der Waals surface area contributed by atoms with E-state index in [1.165, 1.54) is 6.20 Å². The molecule has 0 saturated heterocycles. The number of nitrogens with zero attached hydrogens (tertiary/aromatic N) is 2. The first kappa shape index (κ1) is 11.5. The molecule has 1 aromatic carbocycles. The Hall–Kier alpha value is -1.94. The van der Waals surface area contributed by atoms with Gasteiger partial charge in [0.1, 0.15) is 0 Å². The van der Waals surface area contributed by atoms with Crippen molar-refractivity contribution in [3.8, 4) is 0 Å². The van der Waals surface area contributed by atoms with E-state index in [0.29, 0.717) is 17.3 Å². The van der Waals surface area contributed by atoms with Gasteiger partial charge in [-0.2, -0.15) is 5.10 Å². The number of aromatic nitrogens is 2. The Balaban J connectivity index is 1.95. The summed E-state index contributed by atoms with van der Waals surface area (Å²) >= 11 is 5.76. The molecule has 4 nitrogen and oxygen atoms in total. The lowest BCUT2D eigenvalue weighted by molar-refractivity contribution is 0.0945. The highest BCUT2D eigenvalue weighted by Crippen LogP contribution is 2.09. The second kappa shape index (κ2) is 5.41. The van der Waals surface area contributed by atoms with Gasteiger partial charge in [-0.1, -0.05) is 23.7 Å². The summed E-state index contributed by atoms with van der Waals surface area (Å²) in [4.78, 5) is 11.6. The van der Waals surface area contributed by atoms with Crippen molar-refractivity contribution < 1.29 is 4.79 Å². The Bertz CT molecular complexity index is 499. The molecular weight excluding hydrogens is 238 g/mol. The van der Waals surface area contributed by atoms with Crippen molar-refractivity contribution in [2.45, 2.75) is 6.54 Å². The van der Waals surface area contributed by atoms with E-state index in [1.807, 2.05) is 12.1 Å². The van der Waals surface area contributed by atoms with Crippen molar-refractivity contribution in [1.29, 1.82) is 0 Å². The third kappa shape index (κ3) is 3.26. The Morgan fingerprint density at radius 1 is 1.24 bits per heavy atom. The molecule has 0 aliphatic rings. The number of nitrogens with one attached hydrogen (secondary N) is 1. The van der Waals surface area contributed by atoms with E-state index in [0.717, 1.165) is 5.56 Å². The van der Waals surface area contributed by atoms with E-state index in [9.17, 15) is 4.79 Å². The maximum atomic E-state index is 11.6. The number of amides is 1. The van der Waals surface area contributed by atoms with Crippen LogP contribution >= 0.6 is 11.6 Å². The van der Waals surface area contributed by atoms with E-state index in [1.54, 1.807) is 24.3 Å². The zero-order valence-corrected chi connectivity index (χ0v) is 9.69. The predicted molar refractivity (Wildman–Crippen MR) is 64.7 cm³/mol. The van der Waals surface area contributed by atoms with Gasteiger partial charge in [0.15, 0.2) is 5.69 Å². The lowest BCUT2D eigenvalue weighted by atomic mass is 10.2. The van der Waals surface area contributed by atoms with E-state index in [2.05, 4.69) is 15.5 Å². The van der Waals surface area contributed by atoms with Crippen molar-refractivity contribution in [2.75, 3.05) is 0 Å². The zero-order valence-electron chi connectivity index (χ0n) is 8.93. The fourth-order valence-electron chi connectivity index (χ4n) is 1.30. The fourth-order valence-corrected chi connectivity index (χ4v) is 1.42. The van der Waals surface area contributed by atoms with Crippen molar-refractivity contribution >= 4 is 17.5 Å². The molecule has 1 N–H and O–H groups in total. The molecule has 86 valence electrons. The van der Waals surface area contributed by atoms with Crippen LogP contribution in [0.3, 0.4) is 0 Å². The molecule has 0 atom stereocenters. The molecule has 0 spiro atoms. The number of hydrogen-bond acceptors (Lipinski definition) is 3. The average Bonchev–Trinajstić information content (AvgIpc) is 2.39. The first-order chi connectivity index (χ1) is 8.25. The number of carbonyl (C=O) groups excluding carboxylic acids is 1. The van der Waals surface area contributed by atoms with Gasteiger partial charge in [-0.15, -0.1) is 5.10 Å². The summed E-state index contributed by atoms with van der Waals surface area (Å²) in [5.41, 5.74) is 1.29. The first-order valence-corrected chi connectivity index (χ1v) is 5.44. The Morgan fingerprint density at radius 3 is 2.65 bits per heavy atom. The largest absolute Gasteiger partial charge is 0.347 e. The van der Waals surface area contributed by atoms with Gasteiger partial charge in [0, 0.05) is 17.8 Å². The molecule has 0 saturated carbocycles. The summed E-state index contributed by atoms with van der Waals surface area (Å²) in [6.45, 7) is 0.437. The summed E-state index contributed by atoms with van der Waals surface area (Å²) in [6.07, 6.45) is 1.52. The highest BCUT2D eigenvalue weighted by molar-refractivity contribution is 6.30. The van der Waals surface area contributed by atoms with Gasteiger partial charge in [0.25, 0.3) is 5.91 Å². The summed E-state index contributed by atoms with van der Waals surface area (Å²) < 4.78 is 0. The second-order valence-electron chi connectivity index (χ2n) is 3.42. The molecule has 1 aromatic heterocycles. The number of benzene rings is 1. The van der Waals surface area contributed by atoms with E-state index in [4.69, 9.17) is 11.6 Å². The van der Waals surface area contributed by atoms with Crippen LogP contribution in [-0.4, -0.2) is 16.1 Å². The van der Waals surface area contributed by atoms with Crippen LogP contribution in [0.15, 0.2) is 42.6 Å². The van der Waals surface area contributed by atoms with Crippen molar-refractivity contribution in [3.05, 3.63) is 58.9 Å². The van der Waals surface area contributed by atoms with Crippen LogP contribution in [0.5, 0.6) is 0 Å². The predicted octanol–water partition coefficient (Wildman–Crippen LogP) is 2.06. The number of hydrogen-bond donors (Lipinski definition) is 1. The Morgan fingerprint density at radius 2 is 2.00 bits per heavy atom. The van der Waals surface area contributed by atoms with Crippen LogP contribution in [0.25, 0.3) is 0 Å². The lowest BCUT2D eigenvalue weighted by Gasteiger charge is -2.04. The Kier molecular flexibility index (Phi) is 3.67. The molecule has 17 heavy (non-hydrogen) atoms. The SMILES string of the molecule is O=C(NCc1ccc(Cl)cc1)c1cccnn1. The van der Waals surface area contributed by atoms with Gasteiger partial charge in [-0.3, -0.25) is 4.79 Å². The third-order valence-electron chi connectivity index (χ3n) is 2.17. The molecule has 0 aliphatic heterocycles.